The molecule has 2 amide bonds. The number of nitrogens with one attached hydrogen (secondary N) is 1. The first-order valence-corrected chi connectivity index (χ1v) is 9.27. The van der Waals surface area contributed by atoms with Crippen molar-refractivity contribution in [3.8, 4) is 0 Å². The largest absolute Gasteiger partial charge is 0.335 e. The SMILES string of the molecule is CC1Sc2ccc(C(=O)N(C)C(C)c3ccc(Cl)cc3)cc2NC1=O. The molecule has 2 aromatic rings. The van der Waals surface area contributed by atoms with Crippen molar-refractivity contribution in [3.05, 3.63) is 58.6 Å². The van der Waals surface area contributed by atoms with Crippen LogP contribution in [0, 0.1) is 0 Å². The normalized spacial score (nSPS) is 17.4. The Bertz CT molecular complexity index is 823. The van der Waals surface area contributed by atoms with Crippen LogP contribution < -0.4 is 5.32 Å². The van der Waals surface area contributed by atoms with E-state index in [2.05, 4.69) is 5.32 Å². The number of thioether (sulfide) groups is 1. The fourth-order valence-electron chi connectivity index (χ4n) is 2.69. The number of hydrogen-bond donors (Lipinski definition) is 1. The van der Waals surface area contributed by atoms with Crippen LogP contribution in [0.3, 0.4) is 0 Å². The maximum atomic E-state index is 12.8. The third-order valence-electron chi connectivity index (χ3n) is 4.41. The van der Waals surface area contributed by atoms with Crippen LogP contribution in [0.2, 0.25) is 5.02 Å². The second-order valence-corrected chi connectivity index (χ2v) is 7.92. The highest BCUT2D eigenvalue weighted by molar-refractivity contribution is 8.00. The number of anilines is 1. The van der Waals surface area contributed by atoms with Crippen LogP contribution in [0.15, 0.2) is 47.4 Å². The summed E-state index contributed by atoms with van der Waals surface area (Å²) in [5.41, 5.74) is 2.26. The molecule has 2 atom stereocenters. The Morgan fingerprint density at radius 2 is 1.92 bits per heavy atom. The van der Waals surface area contributed by atoms with Gasteiger partial charge in [0.1, 0.15) is 0 Å². The van der Waals surface area contributed by atoms with Gasteiger partial charge in [0.2, 0.25) is 5.91 Å². The molecule has 0 saturated heterocycles. The number of amides is 2. The number of benzene rings is 2. The van der Waals surface area contributed by atoms with Gasteiger partial charge in [-0.05, 0) is 49.7 Å². The summed E-state index contributed by atoms with van der Waals surface area (Å²) < 4.78 is 0. The molecule has 0 bridgehead atoms. The lowest BCUT2D eigenvalue weighted by molar-refractivity contribution is -0.115. The highest BCUT2D eigenvalue weighted by atomic mass is 35.5. The van der Waals surface area contributed by atoms with Crippen molar-refractivity contribution in [2.75, 3.05) is 12.4 Å². The van der Waals surface area contributed by atoms with Gasteiger partial charge >= 0.3 is 0 Å². The molecular weight excluding hydrogens is 356 g/mol. The number of hydrogen-bond acceptors (Lipinski definition) is 3. The molecular formula is C19H19ClN2O2S. The van der Waals surface area contributed by atoms with Crippen molar-refractivity contribution in [1.29, 1.82) is 0 Å². The maximum Gasteiger partial charge on any atom is 0.254 e. The molecule has 6 heteroatoms. The van der Waals surface area contributed by atoms with Crippen LogP contribution in [0.5, 0.6) is 0 Å². The molecule has 3 rings (SSSR count). The van der Waals surface area contributed by atoms with E-state index in [-0.39, 0.29) is 23.1 Å². The van der Waals surface area contributed by atoms with Crippen molar-refractivity contribution in [1.82, 2.24) is 4.90 Å². The minimum absolute atomic E-state index is 0.0371. The number of carbonyl (C=O) groups excluding carboxylic acids is 2. The van der Waals surface area contributed by atoms with E-state index in [4.69, 9.17) is 11.6 Å². The highest BCUT2D eigenvalue weighted by Gasteiger charge is 2.25. The molecule has 1 aliphatic rings. The second kappa shape index (κ2) is 7.10. The Morgan fingerprint density at radius 1 is 1.24 bits per heavy atom. The maximum absolute atomic E-state index is 12.8. The summed E-state index contributed by atoms with van der Waals surface area (Å²) in [6.07, 6.45) is 0. The molecule has 2 aromatic carbocycles. The van der Waals surface area contributed by atoms with Crippen molar-refractivity contribution in [2.45, 2.75) is 30.0 Å². The fraction of sp³-hybridized carbons (Fsp3) is 0.263. The van der Waals surface area contributed by atoms with Crippen molar-refractivity contribution < 1.29 is 9.59 Å². The van der Waals surface area contributed by atoms with E-state index >= 15 is 0 Å². The highest BCUT2D eigenvalue weighted by Crippen LogP contribution is 2.36. The summed E-state index contributed by atoms with van der Waals surface area (Å²) in [7, 11) is 1.77. The average molecular weight is 375 g/mol. The van der Waals surface area contributed by atoms with Gasteiger partial charge < -0.3 is 10.2 Å². The number of nitrogens with zero attached hydrogens (tertiary/aromatic N) is 1. The van der Waals surface area contributed by atoms with Gasteiger partial charge in [-0.25, -0.2) is 0 Å². The molecule has 130 valence electrons. The zero-order valence-corrected chi connectivity index (χ0v) is 15.8. The van der Waals surface area contributed by atoms with Gasteiger partial charge in [-0.2, -0.15) is 0 Å². The molecule has 0 saturated carbocycles. The third kappa shape index (κ3) is 3.67. The lowest BCUT2D eigenvalue weighted by Gasteiger charge is -2.27. The number of rotatable bonds is 3. The van der Waals surface area contributed by atoms with Gasteiger partial charge in [-0.15, -0.1) is 11.8 Å². The lowest BCUT2D eigenvalue weighted by Crippen LogP contribution is -2.30. The summed E-state index contributed by atoms with van der Waals surface area (Å²) in [5.74, 6) is -0.131. The number of carbonyl (C=O) groups is 2. The predicted octanol–water partition coefficient (Wildman–Crippen LogP) is 4.61. The quantitative estimate of drug-likeness (QED) is 0.853. The molecule has 0 radical (unpaired) electrons. The van der Waals surface area contributed by atoms with Crippen LogP contribution >= 0.6 is 23.4 Å². The van der Waals surface area contributed by atoms with Crippen molar-refractivity contribution >= 4 is 40.9 Å². The van der Waals surface area contributed by atoms with Gasteiger partial charge in [-0.1, -0.05) is 23.7 Å². The van der Waals surface area contributed by atoms with E-state index in [0.29, 0.717) is 16.3 Å². The van der Waals surface area contributed by atoms with Gasteiger partial charge in [-0.3, -0.25) is 9.59 Å². The Balaban J connectivity index is 1.82. The molecule has 4 nitrogen and oxygen atoms in total. The summed E-state index contributed by atoms with van der Waals surface area (Å²) in [6, 6.07) is 12.8. The van der Waals surface area contributed by atoms with E-state index in [1.807, 2.05) is 50.2 Å². The molecule has 0 fully saturated rings. The molecule has 0 aliphatic carbocycles. The monoisotopic (exact) mass is 374 g/mol. The standard InChI is InChI=1S/C19H19ClN2O2S/c1-11(13-4-7-15(20)8-5-13)22(3)19(24)14-6-9-17-16(10-14)21-18(23)12(2)25-17/h4-12H,1-3H3,(H,21,23). The van der Waals surface area contributed by atoms with E-state index in [1.54, 1.807) is 18.0 Å². The smallest absolute Gasteiger partial charge is 0.254 e. The summed E-state index contributed by atoms with van der Waals surface area (Å²) in [5, 5.41) is 3.41. The first-order valence-electron chi connectivity index (χ1n) is 8.01. The van der Waals surface area contributed by atoms with Gasteiger partial charge in [0.15, 0.2) is 0 Å². The minimum atomic E-state index is -0.123. The van der Waals surface area contributed by atoms with Crippen LogP contribution in [0.1, 0.15) is 35.8 Å². The molecule has 25 heavy (non-hydrogen) atoms. The first-order chi connectivity index (χ1) is 11.9. The molecule has 1 N–H and O–H groups in total. The first kappa shape index (κ1) is 17.8. The molecule has 1 heterocycles. The van der Waals surface area contributed by atoms with Crippen LogP contribution in [-0.4, -0.2) is 29.0 Å². The van der Waals surface area contributed by atoms with Crippen molar-refractivity contribution in [2.24, 2.45) is 0 Å². The molecule has 0 spiro atoms. The lowest BCUT2D eigenvalue weighted by atomic mass is 10.1. The van der Waals surface area contributed by atoms with E-state index in [9.17, 15) is 9.59 Å². The average Bonchev–Trinajstić information content (AvgIpc) is 2.61. The zero-order valence-electron chi connectivity index (χ0n) is 14.2. The fourth-order valence-corrected chi connectivity index (χ4v) is 3.74. The Labute approximate surface area is 156 Å². The Kier molecular flexibility index (Phi) is 5.06. The topological polar surface area (TPSA) is 49.4 Å². The predicted molar refractivity (Wildman–Crippen MR) is 102 cm³/mol. The Hall–Kier alpha value is -1.98. The number of fused-ring (bicyclic) bond motifs is 1. The minimum Gasteiger partial charge on any atom is -0.335 e. The molecule has 1 aliphatic heterocycles. The number of halogens is 1. The summed E-state index contributed by atoms with van der Waals surface area (Å²) in [6.45, 7) is 3.84. The summed E-state index contributed by atoms with van der Waals surface area (Å²) >= 11 is 7.43. The zero-order chi connectivity index (χ0) is 18.1. The van der Waals surface area contributed by atoms with Gasteiger partial charge in [0.05, 0.1) is 17.0 Å². The van der Waals surface area contributed by atoms with Crippen LogP contribution in [0.4, 0.5) is 5.69 Å². The van der Waals surface area contributed by atoms with Gasteiger partial charge in [0.25, 0.3) is 5.91 Å². The van der Waals surface area contributed by atoms with Crippen LogP contribution in [0.25, 0.3) is 0 Å². The second-order valence-electron chi connectivity index (χ2n) is 6.10. The van der Waals surface area contributed by atoms with Crippen molar-refractivity contribution in [3.63, 3.8) is 0 Å². The van der Waals surface area contributed by atoms with E-state index in [1.165, 1.54) is 11.8 Å². The van der Waals surface area contributed by atoms with Crippen LogP contribution in [-0.2, 0) is 4.79 Å². The Morgan fingerprint density at radius 3 is 2.60 bits per heavy atom. The third-order valence-corrected chi connectivity index (χ3v) is 5.84. The molecule has 0 aromatic heterocycles. The molecule has 2 unspecified atom stereocenters. The van der Waals surface area contributed by atoms with E-state index < -0.39 is 0 Å². The summed E-state index contributed by atoms with van der Waals surface area (Å²) in [4.78, 5) is 27.4. The van der Waals surface area contributed by atoms with Gasteiger partial charge in [0, 0.05) is 22.5 Å². The van der Waals surface area contributed by atoms with E-state index in [0.717, 1.165) is 10.5 Å².